The number of esters is 4. The Morgan fingerprint density at radius 1 is 0.304 bits per heavy atom. The van der Waals surface area contributed by atoms with E-state index in [1.807, 2.05) is 0 Å². The fraction of sp³-hybridized carbons (Fsp3) is 0.945. The molecule has 0 saturated carbocycles. The fourth-order valence-electron chi connectivity index (χ4n) is 11.0. The molecule has 0 rings (SSSR count). The number of rotatable bonds is 70. The zero-order chi connectivity index (χ0) is 68.2. The number of ether oxygens (including phenoxy) is 4. The lowest BCUT2D eigenvalue weighted by Crippen LogP contribution is -2.30. The molecule has 0 aromatic heterocycles. The average Bonchev–Trinajstić information content (AvgIpc) is 3.49. The molecule has 0 aliphatic carbocycles. The van der Waals surface area contributed by atoms with Gasteiger partial charge in [-0.15, -0.1) is 0 Å². The number of unbranched alkanes of at least 4 members (excludes halogenated alkanes) is 35. The molecule has 0 radical (unpaired) electrons. The van der Waals surface area contributed by atoms with E-state index in [9.17, 15) is 43.2 Å². The third-order valence-corrected chi connectivity index (χ3v) is 19.1. The summed E-state index contributed by atoms with van der Waals surface area (Å²) in [5.41, 5.74) is 0. The van der Waals surface area contributed by atoms with E-state index in [2.05, 4.69) is 55.4 Å². The van der Waals surface area contributed by atoms with Crippen LogP contribution in [0.25, 0.3) is 0 Å². The molecule has 0 aromatic rings. The maximum absolute atomic E-state index is 13.1. The SMILES string of the molecule is CCC(C)CCCCCCCCCCC(=O)O[C@H](COC(=O)CCCCCCCCCCC(C)C)COP(=O)(O)OCC(O)COP(=O)(O)OC[C@@H](COC(=O)CCCCCCCCCCCCCC(C)C)OC(=O)CCCCCCCCCCCCCCC(C)C. The van der Waals surface area contributed by atoms with Gasteiger partial charge in [-0.3, -0.25) is 37.3 Å². The second kappa shape index (κ2) is 62.6. The summed E-state index contributed by atoms with van der Waals surface area (Å²) in [4.78, 5) is 72.7. The molecule has 0 aliphatic heterocycles. The zero-order valence-corrected chi connectivity index (χ0v) is 62.0. The van der Waals surface area contributed by atoms with Gasteiger partial charge in [-0.25, -0.2) is 9.13 Å². The third kappa shape index (κ3) is 65.4. The van der Waals surface area contributed by atoms with Crippen LogP contribution in [0.1, 0.15) is 364 Å². The Labute approximate surface area is 562 Å². The molecule has 3 N–H and O–H groups in total. The third-order valence-electron chi connectivity index (χ3n) is 17.2. The van der Waals surface area contributed by atoms with Gasteiger partial charge in [0.2, 0.25) is 0 Å². The van der Waals surface area contributed by atoms with E-state index in [-0.39, 0.29) is 25.7 Å². The van der Waals surface area contributed by atoms with Gasteiger partial charge in [-0.2, -0.15) is 0 Å². The van der Waals surface area contributed by atoms with E-state index in [4.69, 9.17) is 37.0 Å². The highest BCUT2D eigenvalue weighted by Gasteiger charge is 2.30. The number of hydrogen-bond acceptors (Lipinski definition) is 15. The summed E-state index contributed by atoms with van der Waals surface area (Å²) in [5, 5.41) is 10.6. The monoisotopic (exact) mass is 1350 g/mol. The van der Waals surface area contributed by atoms with E-state index in [0.29, 0.717) is 25.7 Å². The van der Waals surface area contributed by atoms with Crippen molar-refractivity contribution in [3.8, 4) is 0 Å². The summed E-state index contributed by atoms with van der Waals surface area (Å²) in [5.74, 6) is 0.918. The first-order valence-electron chi connectivity index (χ1n) is 37.7. The van der Waals surface area contributed by atoms with Crippen molar-refractivity contribution in [2.75, 3.05) is 39.6 Å². The van der Waals surface area contributed by atoms with E-state index in [0.717, 1.165) is 114 Å². The lowest BCUT2D eigenvalue weighted by atomic mass is 9.99. The van der Waals surface area contributed by atoms with Crippen molar-refractivity contribution in [1.82, 2.24) is 0 Å². The van der Waals surface area contributed by atoms with Crippen LogP contribution in [0.15, 0.2) is 0 Å². The summed E-state index contributed by atoms with van der Waals surface area (Å²) in [6.45, 7) is 14.2. The predicted octanol–water partition coefficient (Wildman–Crippen LogP) is 20.9. The van der Waals surface area contributed by atoms with Crippen molar-refractivity contribution in [2.24, 2.45) is 23.7 Å². The molecule has 0 amide bonds. The number of carbonyl (C=O) groups excluding carboxylic acids is 4. The maximum Gasteiger partial charge on any atom is 0.472 e. The quantitative estimate of drug-likeness (QED) is 0.0222. The molecule has 546 valence electrons. The molecule has 6 atom stereocenters. The van der Waals surface area contributed by atoms with Gasteiger partial charge in [0, 0.05) is 25.7 Å². The molecule has 0 saturated heterocycles. The Bertz CT molecular complexity index is 1820. The van der Waals surface area contributed by atoms with Crippen LogP contribution in [0.5, 0.6) is 0 Å². The first kappa shape index (κ1) is 90.1. The minimum atomic E-state index is -4.96. The molecule has 19 heteroatoms. The Kier molecular flexibility index (Phi) is 61.3. The highest BCUT2D eigenvalue weighted by molar-refractivity contribution is 7.47. The van der Waals surface area contributed by atoms with Gasteiger partial charge in [0.1, 0.15) is 19.3 Å². The van der Waals surface area contributed by atoms with Crippen molar-refractivity contribution in [1.29, 1.82) is 0 Å². The minimum absolute atomic E-state index is 0.104. The van der Waals surface area contributed by atoms with Gasteiger partial charge in [0.15, 0.2) is 12.2 Å². The van der Waals surface area contributed by atoms with Gasteiger partial charge in [-0.05, 0) is 49.4 Å². The van der Waals surface area contributed by atoms with Crippen molar-refractivity contribution >= 4 is 39.5 Å². The summed E-state index contributed by atoms with van der Waals surface area (Å²) < 4.78 is 68.4. The first-order valence-corrected chi connectivity index (χ1v) is 40.7. The lowest BCUT2D eigenvalue weighted by molar-refractivity contribution is -0.161. The number of aliphatic hydroxyl groups is 1. The Balaban J connectivity index is 5.27. The molecule has 0 heterocycles. The highest BCUT2D eigenvalue weighted by atomic mass is 31.2. The summed E-state index contributed by atoms with van der Waals surface area (Å²) in [6.07, 6.45) is 45.7. The first-order chi connectivity index (χ1) is 44.1. The zero-order valence-electron chi connectivity index (χ0n) is 60.2. The van der Waals surface area contributed by atoms with Gasteiger partial charge < -0.3 is 33.8 Å². The smallest absolute Gasteiger partial charge is 0.462 e. The van der Waals surface area contributed by atoms with Crippen LogP contribution in [0.3, 0.4) is 0 Å². The van der Waals surface area contributed by atoms with Crippen LogP contribution in [-0.2, 0) is 65.4 Å². The van der Waals surface area contributed by atoms with Crippen LogP contribution in [0.4, 0.5) is 0 Å². The maximum atomic E-state index is 13.1. The van der Waals surface area contributed by atoms with Crippen molar-refractivity contribution in [3.63, 3.8) is 0 Å². The fourth-order valence-corrected chi connectivity index (χ4v) is 12.6. The van der Waals surface area contributed by atoms with E-state index < -0.39 is 97.5 Å². The number of hydrogen-bond donors (Lipinski definition) is 3. The Morgan fingerprint density at radius 2 is 0.522 bits per heavy atom. The molecular formula is C73H142O17P2. The van der Waals surface area contributed by atoms with Crippen molar-refractivity contribution < 1.29 is 80.2 Å². The van der Waals surface area contributed by atoms with E-state index in [1.54, 1.807) is 0 Å². The molecule has 0 spiro atoms. The normalized spacial score (nSPS) is 14.5. The van der Waals surface area contributed by atoms with Gasteiger partial charge in [-0.1, -0.05) is 312 Å². The second-order valence-corrected chi connectivity index (χ2v) is 30.9. The number of phosphoric acid groups is 2. The number of carbonyl (C=O) groups is 4. The molecule has 0 bridgehead atoms. The molecule has 17 nitrogen and oxygen atoms in total. The average molecular weight is 1350 g/mol. The second-order valence-electron chi connectivity index (χ2n) is 28.0. The largest absolute Gasteiger partial charge is 0.472 e. The molecule has 92 heavy (non-hydrogen) atoms. The minimum Gasteiger partial charge on any atom is -0.462 e. The Morgan fingerprint density at radius 3 is 0.772 bits per heavy atom. The number of aliphatic hydroxyl groups excluding tert-OH is 1. The molecule has 0 aromatic carbocycles. The molecule has 0 aliphatic rings. The Hall–Kier alpha value is -1.94. The standard InChI is InChI=1S/C73H142O17P2/c1-9-66(8)52-44-36-28-22-24-32-40-48-56-73(78)90-69(60-84-71(76)54-46-38-30-23-21-27-35-43-51-65(6)7)62-88-92(81,82)86-58-67(74)57-85-91(79,80)87-61-68(59-83-70(75)53-45-37-29-19-16-12-14-18-26-34-42-50-64(4)5)89-72(77)55-47-39-31-20-15-11-10-13-17-25-33-41-49-63(2)3/h63-69,74H,9-62H2,1-8H3,(H,79,80)(H,81,82)/t66?,67?,68-,69-/m1/s1. The summed E-state index contributed by atoms with van der Waals surface area (Å²) in [7, 11) is -9.91. The van der Waals surface area contributed by atoms with Gasteiger partial charge in [0.05, 0.1) is 26.4 Å². The molecule has 4 unspecified atom stereocenters. The van der Waals surface area contributed by atoms with Crippen LogP contribution >= 0.6 is 15.6 Å². The van der Waals surface area contributed by atoms with E-state index >= 15 is 0 Å². The van der Waals surface area contributed by atoms with Crippen molar-refractivity contribution in [3.05, 3.63) is 0 Å². The molecule has 0 fully saturated rings. The van der Waals surface area contributed by atoms with Crippen LogP contribution in [0.2, 0.25) is 0 Å². The number of phosphoric ester groups is 2. The lowest BCUT2D eigenvalue weighted by Gasteiger charge is -2.21. The van der Waals surface area contributed by atoms with E-state index in [1.165, 1.54) is 167 Å². The summed E-state index contributed by atoms with van der Waals surface area (Å²) >= 11 is 0. The van der Waals surface area contributed by atoms with Crippen LogP contribution in [-0.4, -0.2) is 96.7 Å². The van der Waals surface area contributed by atoms with Gasteiger partial charge in [0.25, 0.3) is 0 Å². The highest BCUT2D eigenvalue weighted by Crippen LogP contribution is 2.45. The van der Waals surface area contributed by atoms with Crippen LogP contribution in [0, 0.1) is 23.7 Å². The summed E-state index contributed by atoms with van der Waals surface area (Å²) in [6, 6.07) is 0. The van der Waals surface area contributed by atoms with Crippen LogP contribution < -0.4 is 0 Å². The molecular weight excluding hydrogens is 1210 g/mol. The van der Waals surface area contributed by atoms with Gasteiger partial charge >= 0.3 is 39.5 Å². The topological polar surface area (TPSA) is 237 Å². The van der Waals surface area contributed by atoms with Crippen molar-refractivity contribution in [2.45, 2.75) is 382 Å². The predicted molar refractivity (Wildman–Crippen MR) is 372 cm³/mol.